The van der Waals surface area contributed by atoms with Gasteiger partial charge in [0.2, 0.25) is 0 Å². The Labute approximate surface area is 114 Å². The number of halogens is 1. The summed E-state index contributed by atoms with van der Waals surface area (Å²) in [6.45, 7) is 2.78. The van der Waals surface area contributed by atoms with E-state index in [9.17, 15) is 4.79 Å². The third-order valence-electron chi connectivity index (χ3n) is 3.32. The molecule has 0 aromatic carbocycles. The van der Waals surface area contributed by atoms with Crippen molar-refractivity contribution in [3.63, 3.8) is 0 Å². The number of hydrogen-bond donors (Lipinski definition) is 0. The number of nitrogens with zero attached hydrogens (tertiary/aromatic N) is 1. The summed E-state index contributed by atoms with van der Waals surface area (Å²) in [5.74, 6) is 0.219. The van der Waals surface area contributed by atoms with Crippen LogP contribution in [-0.2, 0) is 6.42 Å². The lowest BCUT2D eigenvalue weighted by Gasteiger charge is -2.32. The zero-order valence-corrected chi connectivity index (χ0v) is 11.4. The topological polar surface area (TPSA) is 33.5 Å². The Kier molecular flexibility index (Phi) is 2.92. The Morgan fingerprint density at radius 3 is 3.06 bits per heavy atom. The molecule has 94 valence electrons. The van der Waals surface area contributed by atoms with Crippen molar-refractivity contribution in [3.05, 3.63) is 45.0 Å². The van der Waals surface area contributed by atoms with E-state index in [1.54, 1.807) is 23.5 Å². The molecule has 3 heterocycles. The molecule has 0 fully saturated rings. The lowest BCUT2D eigenvalue weighted by atomic mass is 10.0. The van der Waals surface area contributed by atoms with E-state index in [1.807, 2.05) is 11.8 Å². The molecule has 3 rings (SSSR count). The molecule has 3 nitrogen and oxygen atoms in total. The van der Waals surface area contributed by atoms with Crippen LogP contribution in [0.5, 0.6) is 0 Å². The van der Waals surface area contributed by atoms with Crippen LogP contribution in [-0.4, -0.2) is 17.4 Å². The fourth-order valence-electron chi connectivity index (χ4n) is 2.36. The number of thiophene rings is 1. The summed E-state index contributed by atoms with van der Waals surface area (Å²) in [4.78, 5) is 15.5. The average Bonchev–Trinajstić information content (AvgIpc) is 2.97. The van der Waals surface area contributed by atoms with Gasteiger partial charge in [-0.2, -0.15) is 0 Å². The quantitative estimate of drug-likeness (QED) is 0.797. The van der Waals surface area contributed by atoms with Gasteiger partial charge in [-0.15, -0.1) is 11.3 Å². The zero-order valence-electron chi connectivity index (χ0n) is 9.85. The van der Waals surface area contributed by atoms with Crippen molar-refractivity contribution in [2.75, 3.05) is 6.54 Å². The minimum Gasteiger partial charge on any atom is -0.440 e. The molecule has 18 heavy (non-hydrogen) atoms. The maximum Gasteiger partial charge on any atom is 0.290 e. The Bertz CT molecular complexity index is 589. The van der Waals surface area contributed by atoms with Gasteiger partial charge in [-0.25, -0.2) is 0 Å². The van der Waals surface area contributed by atoms with E-state index < -0.39 is 0 Å². The number of rotatable bonds is 1. The number of carbonyl (C=O) groups is 1. The Hall–Kier alpha value is -1.26. The highest BCUT2D eigenvalue weighted by atomic mass is 35.5. The second-order valence-corrected chi connectivity index (χ2v) is 5.70. The van der Waals surface area contributed by atoms with Gasteiger partial charge in [-0.05, 0) is 54.1 Å². The van der Waals surface area contributed by atoms with E-state index in [0.29, 0.717) is 5.76 Å². The highest BCUT2D eigenvalue weighted by molar-refractivity contribution is 7.10. The van der Waals surface area contributed by atoms with Crippen molar-refractivity contribution in [1.82, 2.24) is 4.90 Å². The molecule has 1 aliphatic rings. The van der Waals surface area contributed by atoms with Crippen molar-refractivity contribution < 1.29 is 9.21 Å². The van der Waals surface area contributed by atoms with Crippen LogP contribution < -0.4 is 0 Å². The number of carbonyl (C=O) groups excluding carboxylic acids is 1. The van der Waals surface area contributed by atoms with Gasteiger partial charge in [-0.3, -0.25) is 4.79 Å². The van der Waals surface area contributed by atoms with Crippen LogP contribution in [0.15, 0.2) is 28.0 Å². The molecule has 0 bridgehead atoms. The summed E-state index contributed by atoms with van der Waals surface area (Å²) in [5, 5.41) is 2.33. The van der Waals surface area contributed by atoms with E-state index in [-0.39, 0.29) is 17.2 Å². The van der Waals surface area contributed by atoms with Crippen molar-refractivity contribution >= 4 is 28.8 Å². The summed E-state index contributed by atoms with van der Waals surface area (Å²) < 4.78 is 5.19. The Morgan fingerprint density at radius 1 is 1.50 bits per heavy atom. The first-order valence-electron chi connectivity index (χ1n) is 5.79. The second-order valence-electron chi connectivity index (χ2n) is 4.33. The first-order chi connectivity index (χ1) is 8.66. The summed E-state index contributed by atoms with van der Waals surface area (Å²) in [6, 6.07) is 5.41. The molecule has 1 amide bonds. The molecule has 0 N–H and O–H groups in total. The fourth-order valence-corrected chi connectivity index (χ4v) is 3.47. The highest BCUT2D eigenvalue weighted by Gasteiger charge is 2.30. The SMILES string of the molecule is CC1c2ccsc2CCN1C(=O)c1ccc(Cl)o1. The van der Waals surface area contributed by atoms with E-state index >= 15 is 0 Å². The van der Waals surface area contributed by atoms with Crippen LogP contribution in [0.2, 0.25) is 5.22 Å². The molecule has 1 unspecified atom stereocenters. The van der Waals surface area contributed by atoms with Crippen LogP contribution >= 0.6 is 22.9 Å². The monoisotopic (exact) mass is 281 g/mol. The third-order valence-corrected chi connectivity index (χ3v) is 4.52. The van der Waals surface area contributed by atoms with Crippen LogP contribution in [0.1, 0.15) is 34.0 Å². The predicted octanol–water partition coefficient (Wildman–Crippen LogP) is 3.75. The predicted molar refractivity (Wildman–Crippen MR) is 71.2 cm³/mol. The van der Waals surface area contributed by atoms with Gasteiger partial charge >= 0.3 is 0 Å². The van der Waals surface area contributed by atoms with Crippen molar-refractivity contribution in [2.24, 2.45) is 0 Å². The third kappa shape index (κ3) is 1.85. The van der Waals surface area contributed by atoms with Gasteiger partial charge in [0.25, 0.3) is 5.91 Å². The first-order valence-corrected chi connectivity index (χ1v) is 7.05. The van der Waals surface area contributed by atoms with Crippen LogP contribution in [0.4, 0.5) is 0 Å². The molecule has 0 spiro atoms. The number of fused-ring (bicyclic) bond motifs is 1. The largest absolute Gasteiger partial charge is 0.440 e. The molecule has 1 atom stereocenters. The standard InChI is InChI=1S/C13H12ClNO2S/c1-8-9-5-7-18-11(9)4-6-15(8)13(16)10-2-3-12(14)17-10/h2-3,5,7-8H,4,6H2,1H3. The summed E-state index contributed by atoms with van der Waals surface area (Å²) in [7, 11) is 0. The van der Waals surface area contributed by atoms with E-state index in [4.69, 9.17) is 16.0 Å². The summed E-state index contributed by atoms with van der Waals surface area (Å²) in [6.07, 6.45) is 0.914. The van der Waals surface area contributed by atoms with Gasteiger partial charge in [0.1, 0.15) is 0 Å². The van der Waals surface area contributed by atoms with Crippen molar-refractivity contribution in [3.8, 4) is 0 Å². The number of furan rings is 1. The molecule has 0 saturated heterocycles. The molecular weight excluding hydrogens is 270 g/mol. The van der Waals surface area contributed by atoms with Crippen molar-refractivity contribution in [1.29, 1.82) is 0 Å². The maximum atomic E-state index is 12.3. The lowest BCUT2D eigenvalue weighted by molar-refractivity contribution is 0.0646. The molecule has 0 aliphatic carbocycles. The van der Waals surface area contributed by atoms with Gasteiger partial charge in [0.15, 0.2) is 11.0 Å². The van der Waals surface area contributed by atoms with Gasteiger partial charge in [0.05, 0.1) is 6.04 Å². The second kappa shape index (κ2) is 4.44. The van der Waals surface area contributed by atoms with Crippen molar-refractivity contribution in [2.45, 2.75) is 19.4 Å². The number of amides is 1. The van der Waals surface area contributed by atoms with Crippen LogP contribution in [0.3, 0.4) is 0 Å². The number of hydrogen-bond acceptors (Lipinski definition) is 3. The minimum absolute atomic E-state index is 0.0914. The molecule has 1 aliphatic heterocycles. The Balaban J connectivity index is 1.88. The van der Waals surface area contributed by atoms with Crippen LogP contribution in [0, 0.1) is 0 Å². The Morgan fingerprint density at radius 2 is 2.33 bits per heavy atom. The van der Waals surface area contributed by atoms with Crippen LogP contribution in [0.25, 0.3) is 0 Å². The molecule has 0 radical (unpaired) electrons. The van der Waals surface area contributed by atoms with Gasteiger partial charge in [0, 0.05) is 11.4 Å². The summed E-state index contributed by atoms with van der Waals surface area (Å²) in [5.41, 5.74) is 1.25. The normalized spacial score (nSPS) is 18.8. The molecule has 2 aromatic rings. The average molecular weight is 282 g/mol. The molecule has 5 heteroatoms. The van der Waals surface area contributed by atoms with E-state index in [1.165, 1.54) is 10.4 Å². The first kappa shape index (κ1) is 11.8. The maximum absolute atomic E-state index is 12.3. The lowest BCUT2D eigenvalue weighted by Crippen LogP contribution is -2.38. The van der Waals surface area contributed by atoms with Gasteiger partial charge < -0.3 is 9.32 Å². The fraction of sp³-hybridized carbons (Fsp3) is 0.308. The minimum atomic E-state index is -0.0914. The molecule has 0 saturated carbocycles. The molecule has 2 aromatic heterocycles. The van der Waals surface area contributed by atoms with E-state index in [2.05, 4.69) is 11.4 Å². The van der Waals surface area contributed by atoms with Gasteiger partial charge in [-0.1, -0.05) is 0 Å². The molecular formula is C13H12ClNO2S. The highest BCUT2D eigenvalue weighted by Crippen LogP contribution is 2.33. The smallest absolute Gasteiger partial charge is 0.290 e. The van der Waals surface area contributed by atoms with E-state index in [0.717, 1.165) is 13.0 Å². The summed E-state index contributed by atoms with van der Waals surface area (Å²) >= 11 is 7.47. The zero-order chi connectivity index (χ0) is 12.7.